The molecule has 3 nitrogen and oxygen atoms in total. The highest BCUT2D eigenvalue weighted by atomic mass is 19.4. The summed E-state index contributed by atoms with van der Waals surface area (Å²) in [7, 11) is 0. The van der Waals surface area contributed by atoms with Crippen LogP contribution >= 0.6 is 0 Å². The molecule has 3 rings (SSSR count). The van der Waals surface area contributed by atoms with Crippen LogP contribution in [-0.4, -0.2) is 15.1 Å². The van der Waals surface area contributed by atoms with Crippen molar-refractivity contribution in [3.63, 3.8) is 0 Å². The summed E-state index contributed by atoms with van der Waals surface area (Å²) in [6, 6.07) is 13.5. The molecule has 0 amide bonds. The van der Waals surface area contributed by atoms with Crippen LogP contribution in [0.25, 0.3) is 16.9 Å². The minimum absolute atomic E-state index is 0.356. The first-order valence-electron chi connectivity index (χ1n) is 8.22. The van der Waals surface area contributed by atoms with Gasteiger partial charge in [0.2, 0.25) is 0 Å². The Labute approximate surface area is 150 Å². The summed E-state index contributed by atoms with van der Waals surface area (Å²) in [5, 5.41) is 3.11. The number of rotatable bonds is 3. The monoisotopic (exact) mass is 359 g/mol. The van der Waals surface area contributed by atoms with E-state index in [0.29, 0.717) is 17.1 Å². The van der Waals surface area contributed by atoms with Crippen LogP contribution in [0.3, 0.4) is 0 Å². The first kappa shape index (κ1) is 18.0. The lowest BCUT2D eigenvalue weighted by atomic mass is 10.1. The highest BCUT2D eigenvalue weighted by Crippen LogP contribution is 2.34. The van der Waals surface area contributed by atoms with E-state index in [1.165, 1.54) is 6.33 Å². The number of aromatic nitrogens is 2. The summed E-state index contributed by atoms with van der Waals surface area (Å²) in [6.45, 7) is 5.70. The summed E-state index contributed by atoms with van der Waals surface area (Å²) in [5.41, 5.74) is 1.38. The van der Waals surface area contributed by atoms with Crippen LogP contribution in [0.5, 0.6) is 0 Å². The van der Waals surface area contributed by atoms with Crippen molar-refractivity contribution in [1.82, 2.24) is 9.55 Å². The number of benzene rings is 2. The number of hydrogen-bond donors (Lipinski definition) is 1. The largest absolute Gasteiger partial charge is 0.416 e. The van der Waals surface area contributed by atoms with Gasteiger partial charge in [-0.1, -0.05) is 30.3 Å². The van der Waals surface area contributed by atoms with E-state index < -0.39 is 11.7 Å². The van der Waals surface area contributed by atoms with Gasteiger partial charge in [0.1, 0.15) is 0 Å². The second-order valence-electron chi connectivity index (χ2n) is 7.17. The summed E-state index contributed by atoms with van der Waals surface area (Å²) >= 11 is 0. The molecule has 0 spiro atoms. The molecular weight excluding hydrogens is 339 g/mol. The van der Waals surface area contributed by atoms with Gasteiger partial charge in [0.05, 0.1) is 17.6 Å². The Morgan fingerprint density at radius 2 is 1.65 bits per heavy atom. The third-order valence-electron chi connectivity index (χ3n) is 3.71. The molecule has 0 atom stereocenters. The van der Waals surface area contributed by atoms with E-state index in [-0.39, 0.29) is 5.54 Å². The second-order valence-corrected chi connectivity index (χ2v) is 7.17. The Morgan fingerprint density at radius 1 is 0.962 bits per heavy atom. The number of imidazole rings is 1. The molecule has 0 unspecified atom stereocenters. The van der Waals surface area contributed by atoms with E-state index in [0.717, 1.165) is 17.7 Å². The number of halogens is 3. The molecule has 1 aromatic heterocycles. The quantitative estimate of drug-likeness (QED) is 0.643. The minimum Gasteiger partial charge on any atom is -0.380 e. The lowest BCUT2D eigenvalue weighted by Gasteiger charge is -2.23. The van der Waals surface area contributed by atoms with E-state index in [1.807, 2.05) is 51.1 Å². The number of nitrogens with one attached hydrogen (secondary N) is 1. The molecule has 0 bridgehead atoms. The first-order chi connectivity index (χ1) is 12.1. The van der Waals surface area contributed by atoms with Crippen molar-refractivity contribution in [3.05, 3.63) is 66.6 Å². The highest BCUT2D eigenvalue weighted by molar-refractivity contribution is 5.60. The van der Waals surface area contributed by atoms with Gasteiger partial charge in [-0.3, -0.25) is 0 Å². The maximum Gasteiger partial charge on any atom is 0.416 e. The highest BCUT2D eigenvalue weighted by Gasteiger charge is 2.31. The van der Waals surface area contributed by atoms with Crippen LogP contribution in [0.4, 0.5) is 18.9 Å². The Kier molecular flexibility index (Phi) is 4.52. The fourth-order valence-corrected chi connectivity index (χ4v) is 2.65. The van der Waals surface area contributed by atoms with Crippen molar-refractivity contribution < 1.29 is 13.2 Å². The summed E-state index contributed by atoms with van der Waals surface area (Å²) < 4.78 is 41.5. The minimum atomic E-state index is -4.42. The van der Waals surface area contributed by atoms with Gasteiger partial charge in [-0.15, -0.1) is 0 Å². The van der Waals surface area contributed by atoms with Gasteiger partial charge < -0.3 is 9.88 Å². The number of nitrogens with zero attached hydrogens (tertiary/aromatic N) is 2. The Morgan fingerprint density at radius 3 is 2.27 bits per heavy atom. The first-order valence-corrected chi connectivity index (χ1v) is 8.22. The van der Waals surface area contributed by atoms with Gasteiger partial charge in [-0.2, -0.15) is 13.2 Å². The Balaban J connectivity index is 2.04. The van der Waals surface area contributed by atoms with Gasteiger partial charge in [0, 0.05) is 28.7 Å². The normalized spacial score (nSPS) is 12.2. The maximum atomic E-state index is 13.3. The predicted molar refractivity (Wildman–Crippen MR) is 97.4 cm³/mol. The molecule has 0 radical (unpaired) electrons. The molecule has 1 heterocycles. The number of hydrogen-bond acceptors (Lipinski definition) is 2. The van der Waals surface area contributed by atoms with Crippen LogP contribution < -0.4 is 5.32 Å². The molecule has 0 fully saturated rings. The summed E-state index contributed by atoms with van der Waals surface area (Å²) in [5.74, 6) is 0. The maximum absolute atomic E-state index is 13.3. The standard InChI is InChI=1S/C20H20F3N3/c1-19(2,3)25-16-9-15(20(21,22)23)10-17(11-16)26-12-18(24-13-26)14-7-5-4-6-8-14/h4-13,25H,1-3H3. The molecule has 0 saturated carbocycles. The summed E-state index contributed by atoms with van der Waals surface area (Å²) in [4.78, 5) is 4.32. The SMILES string of the molecule is CC(C)(C)Nc1cc(-n2cnc(-c3ccccc3)c2)cc(C(F)(F)F)c1. The van der Waals surface area contributed by atoms with Crippen molar-refractivity contribution in [2.24, 2.45) is 0 Å². The zero-order valence-corrected chi connectivity index (χ0v) is 14.8. The van der Waals surface area contributed by atoms with Crippen molar-refractivity contribution in [3.8, 4) is 16.9 Å². The lowest BCUT2D eigenvalue weighted by molar-refractivity contribution is -0.137. The van der Waals surface area contributed by atoms with Gasteiger partial charge >= 0.3 is 6.18 Å². The van der Waals surface area contributed by atoms with Gasteiger partial charge in [0.15, 0.2) is 0 Å². The molecule has 0 aliphatic rings. The third-order valence-corrected chi connectivity index (χ3v) is 3.71. The van der Waals surface area contributed by atoms with Gasteiger partial charge in [-0.25, -0.2) is 4.98 Å². The smallest absolute Gasteiger partial charge is 0.380 e. The molecule has 3 aromatic rings. The van der Waals surface area contributed by atoms with E-state index in [1.54, 1.807) is 16.8 Å². The van der Waals surface area contributed by atoms with E-state index >= 15 is 0 Å². The van der Waals surface area contributed by atoms with Gasteiger partial charge in [0.25, 0.3) is 0 Å². The van der Waals surface area contributed by atoms with Crippen molar-refractivity contribution >= 4 is 5.69 Å². The average Bonchev–Trinajstić information content (AvgIpc) is 3.03. The van der Waals surface area contributed by atoms with Crippen molar-refractivity contribution in [2.75, 3.05) is 5.32 Å². The summed E-state index contributed by atoms with van der Waals surface area (Å²) in [6.07, 6.45) is -1.17. The van der Waals surface area contributed by atoms with Crippen LogP contribution in [0.2, 0.25) is 0 Å². The topological polar surface area (TPSA) is 29.9 Å². The second kappa shape index (κ2) is 6.52. The molecule has 2 aromatic carbocycles. The molecule has 136 valence electrons. The third kappa shape index (κ3) is 4.25. The molecule has 0 aliphatic heterocycles. The Bertz CT molecular complexity index is 891. The number of anilines is 1. The molecule has 0 aliphatic carbocycles. The predicted octanol–water partition coefficient (Wildman–Crippen LogP) is 5.77. The molecule has 1 N–H and O–H groups in total. The van der Waals surface area contributed by atoms with E-state index in [2.05, 4.69) is 10.3 Å². The fourth-order valence-electron chi connectivity index (χ4n) is 2.65. The molecule has 6 heteroatoms. The van der Waals surface area contributed by atoms with Crippen molar-refractivity contribution in [1.29, 1.82) is 0 Å². The van der Waals surface area contributed by atoms with Crippen molar-refractivity contribution in [2.45, 2.75) is 32.5 Å². The van der Waals surface area contributed by atoms with Crippen LogP contribution in [-0.2, 0) is 6.18 Å². The average molecular weight is 359 g/mol. The zero-order chi connectivity index (χ0) is 18.9. The fraction of sp³-hybridized carbons (Fsp3) is 0.250. The zero-order valence-electron chi connectivity index (χ0n) is 14.8. The van der Waals surface area contributed by atoms with Gasteiger partial charge in [-0.05, 0) is 39.0 Å². The Hall–Kier alpha value is -2.76. The van der Waals surface area contributed by atoms with Crippen LogP contribution in [0.1, 0.15) is 26.3 Å². The number of alkyl halides is 3. The van der Waals surface area contributed by atoms with E-state index in [9.17, 15) is 13.2 Å². The van der Waals surface area contributed by atoms with Crippen LogP contribution in [0.15, 0.2) is 61.1 Å². The lowest BCUT2D eigenvalue weighted by Crippen LogP contribution is -2.26. The van der Waals surface area contributed by atoms with Crippen LogP contribution in [0, 0.1) is 0 Å². The molecular formula is C20H20F3N3. The molecule has 0 saturated heterocycles. The van der Waals surface area contributed by atoms with E-state index in [4.69, 9.17) is 0 Å². The molecule has 26 heavy (non-hydrogen) atoms.